The predicted molar refractivity (Wildman–Crippen MR) is 74.1 cm³/mol. The molecule has 0 bridgehead atoms. The Hall–Kier alpha value is -2.64. The molecule has 0 spiro atoms. The molecule has 2 rings (SSSR count). The number of rotatable bonds is 4. The Morgan fingerprint density at radius 2 is 2.24 bits per heavy atom. The number of urea groups is 1. The average molecular weight is 293 g/mol. The highest BCUT2D eigenvalue weighted by molar-refractivity contribution is 5.90. The number of nitro groups is 1. The van der Waals surface area contributed by atoms with E-state index in [-0.39, 0.29) is 18.2 Å². The minimum absolute atomic E-state index is 0.0949. The minimum atomic E-state index is -0.949. The number of non-ortho nitro benzene ring substituents is 1. The molecule has 1 aromatic carbocycles. The Balaban J connectivity index is 2.05. The summed E-state index contributed by atoms with van der Waals surface area (Å²) in [6.07, 6.45) is 1.30. The topological polar surface area (TPSA) is 113 Å². The van der Waals surface area contributed by atoms with Crippen molar-refractivity contribution in [1.29, 1.82) is 0 Å². The monoisotopic (exact) mass is 293 g/mol. The molecule has 1 unspecified atom stereocenters. The van der Waals surface area contributed by atoms with Crippen LogP contribution >= 0.6 is 0 Å². The van der Waals surface area contributed by atoms with Crippen LogP contribution in [0, 0.1) is 10.1 Å². The number of nitrogens with zero attached hydrogens (tertiary/aromatic N) is 2. The first-order valence-corrected chi connectivity index (χ1v) is 6.51. The fourth-order valence-corrected chi connectivity index (χ4v) is 2.41. The molecule has 1 fully saturated rings. The number of hydrogen-bond acceptors (Lipinski definition) is 4. The summed E-state index contributed by atoms with van der Waals surface area (Å²) in [6, 6.07) is 4.86. The SMILES string of the molecule is O=C(O)CC1CCCN1C(=O)Nc1cccc([N+](=O)[O-])c1. The van der Waals surface area contributed by atoms with E-state index in [0.717, 1.165) is 6.42 Å². The Morgan fingerprint density at radius 1 is 1.48 bits per heavy atom. The largest absolute Gasteiger partial charge is 0.481 e. The fourth-order valence-electron chi connectivity index (χ4n) is 2.41. The number of carbonyl (C=O) groups is 2. The number of amides is 2. The van der Waals surface area contributed by atoms with Crippen molar-refractivity contribution in [3.05, 3.63) is 34.4 Å². The lowest BCUT2D eigenvalue weighted by Crippen LogP contribution is -2.39. The zero-order valence-electron chi connectivity index (χ0n) is 11.2. The van der Waals surface area contributed by atoms with Crippen LogP contribution in [0.25, 0.3) is 0 Å². The van der Waals surface area contributed by atoms with Crippen molar-refractivity contribution in [3.8, 4) is 0 Å². The lowest BCUT2D eigenvalue weighted by atomic mass is 10.1. The molecule has 1 aromatic rings. The van der Waals surface area contributed by atoms with Gasteiger partial charge in [0.05, 0.1) is 11.3 Å². The summed E-state index contributed by atoms with van der Waals surface area (Å²) in [5, 5.41) is 22.1. The van der Waals surface area contributed by atoms with E-state index in [4.69, 9.17) is 5.11 Å². The number of nitro benzene ring substituents is 1. The third-order valence-corrected chi connectivity index (χ3v) is 3.36. The number of nitrogens with one attached hydrogen (secondary N) is 1. The van der Waals surface area contributed by atoms with Crippen LogP contribution in [0.1, 0.15) is 19.3 Å². The maximum Gasteiger partial charge on any atom is 0.322 e. The van der Waals surface area contributed by atoms with Gasteiger partial charge in [0.1, 0.15) is 0 Å². The van der Waals surface area contributed by atoms with Crippen molar-refractivity contribution >= 4 is 23.4 Å². The van der Waals surface area contributed by atoms with Crippen molar-refractivity contribution in [3.63, 3.8) is 0 Å². The quantitative estimate of drug-likeness (QED) is 0.651. The van der Waals surface area contributed by atoms with E-state index in [1.165, 1.54) is 23.1 Å². The van der Waals surface area contributed by atoms with Gasteiger partial charge in [-0.15, -0.1) is 0 Å². The maximum absolute atomic E-state index is 12.1. The van der Waals surface area contributed by atoms with Crippen molar-refractivity contribution in [2.24, 2.45) is 0 Å². The Labute approximate surface area is 120 Å². The van der Waals surface area contributed by atoms with E-state index in [2.05, 4.69) is 5.32 Å². The highest BCUT2D eigenvalue weighted by Crippen LogP contribution is 2.22. The molecule has 0 radical (unpaired) electrons. The minimum Gasteiger partial charge on any atom is -0.481 e. The zero-order valence-corrected chi connectivity index (χ0v) is 11.2. The van der Waals surface area contributed by atoms with Gasteiger partial charge in [0.2, 0.25) is 0 Å². The number of carboxylic acid groups (broad SMARTS) is 1. The molecule has 1 heterocycles. The Morgan fingerprint density at radius 3 is 2.90 bits per heavy atom. The van der Waals surface area contributed by atoms with Gasteiger partial charge in [0.25, 0.3) is 5.69 Å². The number of likely N-dealkylation sites (tertiary alicyclic amines) is 1. The van der Waals surface area contributed by atoms with Gasteiger partial charge in [0.15, 0.2) is 0 Å². The lowest BCUT2D eigenvalue weighted by Gasteiger charge is -2.23. The van der Waals surface area contributed by atoms with Gasteiger partial charge in [-0.05, 0) is 18.9 Å². The number of carboxylic acids is 1. The van der Waals surface area contributed by atoms with Crippen molar-refractivity contribution in [2.45, 2.75) is 25.3 Å². The van der Waals surface area contributed by atoms with Gasteiger partial charge in [0, 0.05) is 30.4 Å². The number of benzene rings is 1. The van der Waals surface area contributed by atoms with E-state index in [0.29, 0.717) is 18.7 Å². The number of carbonyl (C=O) groups excluding carboxylic acids is 1. The Kier molecular flexibility index (Phi) is 4.36. The number of hydrogen-bond donors (Lipinski definition) is 2. The molecule has 2 N–H and O–H groups in total. The molecular weight excluding hydrogens is 278 g/mol. The average Bonchev–Trinajstić information content (AvgIpc) is 2.86. The number of aliphatic carboxylic acids is 1. The summed E-state index contributed by atoms with van der Waals surface area (Å²) < 4.78 is 0. The van der Waals surface area contributed by atoms with Crippen LogP contribution in [0.4, 0.5) is 16.2 Å². The molecule has 112 valence electrons. The molecule has 0 aliphatic carbocycles. The summed E-state index contributed by atoms with van der Waals surface area (Å²) in [6.45, 7) is 0.485. The van der Waals surface area contributed by atoms with Crippen molar-refractivity contribution in [1.82, 2.24) is 4.90 Å². The van der Waals surface area contributed by atoms with Gasteiger partial charge in [-0.2, -0.15) is 0 Å². The van der Waals surface area contributed by atoms with Crippen LogP contribution in [0.15, 0.2) is 24.3 Å². The summed E-state index contributed by atoms with van der Waals surface area (Å²) in [5.74, 6) is -0.949. The second-order valence-electron chi connectivity index (χ2n) is 4.82. The third-order valence-electron chi connectivity index (χ3n) is 3.36. The van der Waals surface area contributed by atoms with E-state index < -0.39 is 16.9 Å². The van der Waals surface area contributed by atoms with Gasteiger partial charge in [-0.25, -0.2) is 4.79 Å². The summed E-state index contributed by atoms with van der Waals surface area (Å²) in [5.41, 5.74) is 0.200. The summed E-state index contributed by atoms with van der Waals surface area (Å²) in [4.78, 5) is 34.5. The third kappa shape index (κ3) is 3.68. The number of anilines is 1. The van der Waals surface area contributed by atoms with Crippen molar-refractivity contribution in [2.75, 3.05) is 11.9 Å². The van der Waals surface area contributed by atoms with E-state index in [9.17, 15) is 19.7 Å². The standard InChI is InChI=1S/C13H15N3O5/c17-12(18)8-10-5-2-6-15(10)13(19)14-9-3-1-4-11(7-9)16(20)21/h1,3-4,7,10H,2,5-6,8H2,(H,14,19)(H,17,18). The molecule has 2 amide bonds. The van der Waals surface area contributed by atoms with E-state index in [1.807, 2.05) is 0 Å². The molecule has 1 atom stereocenters. The van der Waals surface area contributed by atoms with Crippen molar-refractivity contribution < 1.29 is 19.6 Å². The maximum atomic E-state index is 12.1. The smallest absolute Gasteiger partial charge is 0.322 e. The second kappa shape index (κ2) is 6.21. The molecule has 1 aliphatic rings. The first kappa shape index (κ1) is 14.8. The summed E-state index contributed by atoms with van der Waals surface area (Å²) in [7, 11) is 0. The van der Waals surface area contributed by atoms with Gasteiger partial charge >= 0.3 is 12.0 Å². The molecule has 0 saturated carbocycles. The Bertz CT molecular complexity index is 575. The molecule has 8 heteroatoms. The van der Waals surface area contributed by atoms with Crippen LogP contribution in [0.5, 0.6) is 0 Å². The normalized spacial score (nSPS) is 17.5. The molecule has 21 heavy (non-hydrogen) atoms. The highest BCUT2D eigenvalue weighted by Gasteiger charge is 2.30. The summed E-state index contributed by atoms with van der Waals surface area (Å²) >= 11 is 0. The van der Waals surface area contributed by atoms with Gasteiger partial charge < -0.3 is 15.3 Å². The fraction of sp³-hybridized carbons (Fsp3) is 0.385. The predicted octanol–water partition coefficient (Wildman–Crippen LogP) is 2.07. The van der Waals surface area contributed by atoms with E-state index >= 15 is 0 Å². The first-order chi connectivity index (χ1) is 9.97. The van der Waals surface area contributed by atoms with Crippen LogP contribution in [-0.4, -0.2) is 39.5 Å². The second-order valence-corrected chi connectivity index (χ2v) is 4.82. The molecule has 1 aliphatic heterocycles. The first-order valence-electron chi connectivity index (χ1n) is 6.51. The molecule has 1 saturated heterocycles. The lowest BCUT2D eigenvalue weighted by molar-refractivity contribution is -0.384. The molecule has 8 nitrogen and oxygen atoms in total. The van der Waals surface area contributed by atoms with Gasteiger partial charge in [-0.3, -0.25) is 14.9 Å². The van der Waals surface area contributed by atoms with Crippen LogP contribution in [-0.2, 0) is 4.79 Å². The van der Waals surface area contributed by atoms with Crippen LogP contribution < -0.4 is 5.32 Å². The van der Waals surface area contributed by atoms with Crippen LogP contribution in [0.2, 0.25) is 0 Å². The molecular formula is C13H15N3O5. The highest BCUT2D eigenvalue weighted by atomic mass is 16.6. The zero-order chi connectivity index (χ0) is 15.4. The van der Waals surface area contributed by atoms with Gasteiger partial charge in [-0.1, -0.05) is 6.07 Å². The van der Waals surface area contributed by atoms with Crippen LogP contribution in [0.3, 0.4) is 0 Å². The van der Waals surface area contributed by atoms with E-state index in [1.54, 1.807) is 6.07 Å². The molecule has 0 aromatic heterocycles.